The van der Waals surface area contributed by atoms with Crippen LogP contribution in [0.5, 0.6) is 11.5 Å². The van der Waals surface area contributed by atoms with Crippen molar-refractivity contribution in [3.05, 3.63) is 71.4 Å². The predicted molar refractivity (Wildman–Crippen MR) is 139 cm³/mol. The van der Waals surface area contributed by atoms with Gasteiger partial charge in [-0.15, -0.1) is 5.10 Å². The molecule has 0 aromatic heterocycles. The van der Waals surface area contributed by atoms with Crippen LogP contribution in [0, 0.1) is 0 Å². The highest BCUT2D eigenvalue weighted by Gasteiger charge is 2.29. The van der Waals surface area contributed by atoms with Crippen molar-refractivity contribution in [1.29, 1.82) is 0 Å². The first-order valence-electron chi connectivity index (χ1n) is 11.9. The van der Waals surface area contributed by atoms with Crippen LogP contribution in [0.25, 0.3) is 0 Å². The second-order valence-corrected chi connectivity index (χ2v) is 8.88. The molecule has 0 radical (unpaired) electrons. The minimum atomic E-state index is -1.45. The average molecular weight is 528 g/mol. The van der Waals surface area contributed by atoms with Crippen molar-refractivity contribution in [2.75, 3.05) is 0 Å². The summed E-state index contributed by atoms with van der Waals surface area (Å²) in [6.45, 7) is 7.70. The number of hydrazine groups is 2. The van der Waals surface area contributed by atoms with E-state index in [2.05, 4.69) is 26.7 Å². The minimum Gasteiger partial charge on any atom is -0.491 e. The number of nitrogens with one attached hydrogen (secondary N) is 4. The van der Waals surface area contributed by atoms with E-state index >= 15 is 0 Å². The summed E-state index contributed by atoms with van der Waals surface area (Å²) in [5.74, 6) is -1.47. The highest BCUT2D eigenvalue weighted by atomic mass is 16.5. The molecule has 1 saturated heterocycles. The first-order chi connectivity index (χ1) is 18.0. The van der Waals surface area contributed by atoms with Crippen molar-refractivity contribution < 1.29 is 29.3 Å². The van der Waals surface area contributed by atoms with Crippen molar-refractivity contribution in [3.63, 3.8) is 0 Å². The number of hydrogen-bond acceptors (Lipinski definition) is 9. The summed E-state index contributed by atoms with van der Waals surface area (Å²) < 4.78 is 11.3. The van der Waals surface area contributed by atoms with Gasteiger partial charge in [-0.05, 0) is 63.1 Å². The third kappa shape index (κ3) is 8.01. The van der Waals surface area contributed by atoms with Crippen LogP contribution in [0.4, 0.5) is 0 Å². The summed E-state index contributed by atoms with van der Waals surface area (Å²) in [6, 6.07) is 14.4. The second-order valence-electron chi connectivity index (χ2n) is 8.88. The van der Waals surface area contributed by atoms with Crippen molar-refractivity contribution in [1.82, 2.24) is 26.7 Å². The minimum absolute atomic E-state index is 0.00617. The Morgan fingerprint density at radius 3 is 1.97 bits per heavy atom. The summed E-state index contributed by atoms with van der Waals surface area (Å²) in [7, 11) is 0. The maximum absolute atomic E-state index is 11.6. The van der Waals surface area contributed by atoms with Gasteiger partial charge in [0.25, 0.3) is 0 Å². The van der Waals surface area contributed by atoms with Crippen LogP contribution in [0.15, 0.2) is 65.4 Å². The molecule has 3 rings (SSSR count). The van der Waals surface area contributed by atoms with Crippen LogP contribution < -0.4 is 36.8 Å². The zero-order valence-electron chi connectivity index (χ0n) is 21.5. The molecule has 0 amide bonds. The van der Waals surface area contributed by atoms with E-state index in [1.54, 1.807) is 24.3 Å². The van der Waals surface area contributed by atoms with Crippen LogP contribution in [0.1, 0.15) is 51.2 Å². The van der Waals surface area contributed by atoms with Crippen molar-refractivity contribution in [2.45, 2.75) is 52.2 Å². The molecule has 0 bridgehead atoms. The van der Waals surface area contributed by atoms with Crippen molar-refractivity contribution >= 4 is 17.9 Å². The molecule has 1 atom stereocenters. The summed E-state index contributed by atoms with van der Waals surface area (Å²) in [4.78, 5) is 22.7. The highest BCUT2D eigenvalue weighted by molar-refractivity contribution is 5.94. The molecule has 2 aromatic rings. The van der Waals surface area contributed by atoms with Gasteiger partial charge >= 0.3 is 11.9 Å². The Morgan fingerprint density at radius 1 is 0.974 bits per heavy atom. The maximum atomic E-state index is 11.6. The van der Waals surface area contributed by atoms with E-state index in [1.807, 2.05) is 52.0 Å². The third-order valence-corrected chi connectivity index (χ3v) is 5.02. The van der Waals surface area contributed by atoms with Gasteiger partial charge in [0.15, 0.2) is 0 Å². The number of nitrogens with zero attached hydrogens (tertiary/aromatic N) is 2. The van der Waals surface area contributed by atoms with Crippen LogP contribution in [0.2, 0.25) is 0 Å². The SMILES string of the molecule is CC(C)Oc1ccc(C(NN=C(N)N2NC(c3ccc(OC(C)C)cc3)N2)N/C(=C\C(=O)O)C(=O)O)cc1. The molecule has 0 spiro atoms. The third-order valence-electron chi connectivity index (χ3n) is 5.02. The molecule has 13 heteroatoms. The number of benzene rings is 2. The Hall–Kier alpha value is -4.49. The van der Waals surface area contributed by atoms with E-state index in [4.69, 9.17) is 20.3 Å². The fourth-order valence-electron chi connectivity index (χ4n) is 3.38. The Labute approximate surface area is 220 Å². The van der Waals surface area contributed by atoms with E-state index in [-0.39, 0.29) is 24.3 Å². The lowest BCUT2D eigenvalue weighted by Crippen LogP contribution is -2.69. The molecule has 2 aromatic carbocycles. The highest BCUT2D eigenvalue weighted by Crippen LogP contribution is 2.21. The summed E-state index contributed by atoms with van der Waals surface area (Å²) >= 11 is 0. The number of carboxylic acids is 2. The number of carbonyl (C=O) groups is 2. The number of hydrogen-bond donors (Lipinski definition) is 7. The fourth-order valence-corrected chi connectivity index (χ4v) is 3.38. The molecule has 204 valence electrons. The molecule has 1 heterocycles. The van der Waals surface area contributed by atoms with Gasteiger partial charge in [-0.3, -0.25) is 5.43 Å². The van der Waals surface area contributed by atoms with Gasteiger partial charge in [0, 0.05) is 0 Å². The Kier molecular flexibility index (Phi) is 9.35. The van der Waals surface area contributed by atoms with Gasteiger partial charge in [-0.1, -0.05) is 24.3 Å². The van der Waals surface area contributed by atoms with Gasteiger partial charge < -0.3 is 30.7 Å². The monoisotopic (exact) mass is 527 g/mol. The summed E-state index contributed by atoms with van der Waals surface area (Å²) in [5.41, 5.74) is 16.0. The lowest BCUT2D eigenvalue weighted by Gasteiger charge is -2.41. The number of aliphatic carboxylic acids is 2. The lowest BCUT2D eigenvalue weighted by atomic mass is 10.1. The molecule has 13 nitrogen and oxygen atoms in total. The van der Waals surface area contributed by atoms with Gasteiger partial charge in [0.05, 0.1) is 18.3 Å². The summed E-state index contributed by atoms with van der Waals surface area (Å²) in [5, 5.41) is 26.6. The molecule has 0 aliphatic carbocycles. The van der Waals surface area contributed by atoms with Crippen LogP contribution >= 0.6 is 0 Å². The molecule has 0 saturated carbocycles. The lowest BCUT2D eigenvalue weighted by molar-refractivity contribution is -0.135. The zero-order chi connectivity index (χ0) is 27.8. The normalized spacial score (nSPS) is 15.2. The molecule has 8 N–H and O–H groups in total. The predicted octanol–water partition coefficient (Wildman–Crippen LogP) is 1.75. The number of hydrazone groups is 1. The molecular formula is C25H33N7O6. The van der Waals surface area contributed by atoms with E-state index in [9.17, 15) is 14.7 Å². The van der Waals surface area contributed by atoms with Gasteiger partial charge in [-0.2, -0.15) is 10.9 Å². The molecule has 1 unspecified atom stereocenters. The topological polar surface area (TPSA) is 183 Å². The fraction of sp³-hybridized carbons (Fsp3) is 0.320. The summed E-state index contributed by atoms with van der Waals surface area (Å²) in [6.07, 6.45) is -0.539. The molecule has 38 heavy (non-hydrogen) atoms. The standard InChI is InChI=1S/C25H33N7O6/c1-14(2)37-18-9-5-16(6-10-18)22(27-20(24(35)36)13-21(33)34)28-29-25(26)32-30-23(31-32)17-7-11-19(12-8-17)38-15(3)4/h5-15,22-23,27-28,30-31H,1-4H3,(H2,26,29)(H,33,34)(H,35,36)/b20-13-. The maximum Gasteiger partial charge on any atom is 0.352 e. The average Bonchev–Trinajstić information content (AvgIpc) is 2.80. The molecular weight excluding hydrogens is 494 g/mol. The van der Waals surface area contributed by atoms with Crippen LogP contribution in [-0.4, -0.2) is 45.4 Å². The number of ether oxygens (including phenoxy) is 2. The van der Waals surface area contributed by atoms with E-state index < -0.39 is 23.8 Å². The van der Waals surface area contributed by atoms with Crippen molar-refractivity contribution in [2.24, 2.45) is 10.8 Å². The van der Waals surface area contributed by atoms with E-state index in [1.165, 1.54) is 5.12 Å². The van der Waals surface area contributed by atoms with E-state index in [0.717, 1.165) is 11.3 Å². The first-order valence-corrected chi connectivity index (χ1v) is 11.9. The smallest absolute Gasteiger partial charge is 0.352 e. The van der Waals surface area contributed by atoms with Crippen molar-refractivity contribution in [3.8, 4) is 11.5 Å². The van der Waals surface area contributed by atoms with Gasteiger partial charge in [0.1, 0.15) is 29.5 Å². The van der Waals surface area contributed by atoms with Gasteiger partial charge in [0.2, 0.25) is 5.96 Å². The van der Waals surface area contributed by atoms with Crippen LogP contribution in [0.3, 0.4) is 0 Å². The largest absolute Gasteiger partial charge is 0.491 e. The number of guanidine groups is 1. The Bertz CT molecular complexity index is 1160. The Morgan fingerprint density at radius 2 is 1.50 bits per heavy atom. The Balaban J connectivity index is 1.69. The first kappa shape index (κ1) is 28.1. The van der Waals surface area contributed by atoms with Gasteiger partial charge in [-0.25, -0.2) is 14.7 Å². The number of nitrogens with two attached hydrogens (primary N) is 1. The molecule has 1 aliphatic heterocycles. The number of carboxylic acid groups (broad SMARTS) is 2. The second kappa shape index (κ2) is 12.7. The van der Waals surface area contributed by atoms with Crippen LogP contribution in [-0.2, 0) is 9.59 Å². The quantitative estimate of drug-likeness (QED) is 0.0699. The zero-order valence-corrected chi connectivity index (χ0v) is 21.5. The molecule has 1 aliphatic rings. The molecule has 1 fully saturated rings. The number of rotatable bonds is 12. The van der Waals surface area contributed by atoms with E-state index in [0.29, 0.717) is 17.4 Å².